The van der Waals surface area contributed by atoms with E-state index >= 15 is 0 Å². The minimum absolute atomic E-state index is 0.211. The van der Waals surface area contributed by atoms with E-state index in [-0.39, 0.29) is 12.5 Å². The molecule has 1 atom stereocenters. The Morgan fingerprint density at radius 2 is 2.33 bits per heavy atom. The number of carboxylic acids is 1. The molecule has 0 amide bonds. The SMILES string of the molecule is Cc1cc2c(N3CCCCC3CCC(=O)O)nccn2n1. The summed E-state index contributed by atoms with van der Waals surface area (Å²) >= 11 is 0. The van der Waals surface area contributed by atoms with Gasteiger partial charge in [0.25, 0.3) is 0 Å². The molecule has 3 heterocycles. The monoisotopic (exact) mass is 288 g/mol. The Hall–Kier alpha value is -2.11. The fourth-order valence-corrected chi connectivity index (χ4v) is 3.12. The second-order valence-corrected chi connectivity index (χ2v) is 5.64. The Kier molecular flexibility index (Phi) is 3.77. The first-order valence-electron chi connectivity index (χ1n) is 7.44. The van der Waals surface area contributed by atoms with E-state index in [4.69, 9.17) is 5.11 Å². The van der Waals surface area contributed by atoms with Crippen molar-refractivity contribution in [3.05, 3.63) is 24.2 Å². The van der Waals surface area contributed by atoms with E-state index in [0.717, 1.165) is 42.8 Å². The topological polar surface area (TPSA) is 70.7 Å². The van der Waals surface area contributed by atoms with Crippen molar-refractivity contribution in [3.8, 4) is 0 Å². The summed E-state index contributed by atoms with van der Waals surface area (Å²) in [5.41, 5.74) is 1.96. The second kappa shape index (κ2) is 5.71. The van der Waals surface area contributed by atoms with Gasteiger partial charge in [0.1, 0.15) is 5.52 Å². The van der Waals surface area contributed by atoms with E-state index in [0.29, 0.717) is 6.42 Å². The lowest BCUT2D eigenvalue weighted by Crippen LogP contribution is -2.40. The lowest BCUT2D eigenvalue weighted by molar-refractivity contribution is -0.137. The van der Waals surface area contributed by atoms with E-state index in [1.165, 1.54) is 0 Å². The maximum atomic E-state index is 10.9. The van der Waals surface area contributed by atoms with E-state index in [2.05, 4.69) is 15.0 Å². The van der Waals surface area contributed by atoms with Gasteiger partial charge in [0, 0.05) is 31.4 Å². The number of hydrogen-bond acceptors (Lipinski definition) is 4. The maximum Gasteiger partial charge on any atom is 0.303 e. The summed E-state index contributed by atoms with van der Waals surface area (Å²) in [7, 11) is 0. The number of carbonyl (C=O) groups is 1. The van der Waals surface area contributed by atoms with Crippen LogP contribution in [-0.2, 0) is 4.79 Å². The molecule has 3 rings (SSSR count). The molecular weight excluding hydrogens is 268 g/mol. The van der Waals surface area contributed by atoms with Crippen molar-refractivity contribution in [2.75, 3.05) is 11.4 Å². The number of aromatic nitrogens is 3. The minimum atomic E-state index is -0.730. The molecule has 0 aromatic carbocycles. The van der Waals surface area contributed by atoms with E-state index in [9.17, 15) is 4.79 Å². The summed E-state index contributed by atoms with van der Waals surface area (Å²) in [4.78, 5) is 17.7. The molecule has 6 heteroatoms. The highest BCUT2D eigenvalue weighted by Gasteiger charge is 2.25. The number of hydrogen-bond donors (Lipinski definition) is 1. The van der Waals surface area contributed by atoms with Gasteiger partial charge in [-0.1, -0.05) is 0 Å². The molecule has 1 unspecified atom stereocenters. The van der Waals surface area contributed by atoms with E-state index in [1.54, 1.807) is 6.20 Å². The quantitative estimate of drug-likeness (QED) is 0.934. The largest absolute Gasteiger partial charge is 0.481 e. The second-order valence-electron chi connectivity index (χ2n) is 5.64. The molecule has 2 aromatic rings. The zero-order valence-corrected chi connectivity index (χ0v) is 12.2. The molecule has 1 N–H and O–H groups in total. The average Bonchev–Trinajstić information content (AvgIpc) is 2.85. The molecule has 0 bridgehead atoms. The first kappa shape index (κ1) is 13.9. The van der Waals surface area contributed by atoms with Crippen LogP contribution in [0.1, 0.15) is 37.8 Å². The Morgan fingerprint density at radius 3 is 3.14 bits per heavy atom. The highest BCUT2D eigenvalue weighted by atomic mass is 16.4. The Balaban J connectivity index is 1.92. The number of rotatable bonds is 4. The normalized spacial score (nSPS) is 19.1. The molecule has 2 aromatic heterocycles. The summed E-state index contributed by atoms with van der Waals surface area (Å²) in [6.45, 7) is 2.90. The summed E-state index contributed by atoms with van der Waals surface area (Å²) in [6.07, 6.45) is 7.80. The Morgan fingerprint density at radius 1 is 1.48 bits per heavy atom. The molecule has 0 saturated carbocycles. The van der Waals surface area contributed by atoms with Crippen LogP contribution in [0.3, 0.4) is 0 Å². The zero-order valence-electron chi connectivity index (χ0n) is 12.2. The van der Waals surface area contributed by atoms with Crippen molar-refractivity contribution >= 4 is 17.3 Å². The van der Waals surface area contributed by atoms with Gasteiger partial charge in [0.15, 0.2) is 5.82 Å². The van der Waals surface area contributed by atoms with Crippen molar-refractivity contribution in [3.63, 3.8) is 0 Å². The predicted octanol–water partition coefficient (Wildman–Crippen LogP) is 2.26. The van der Waals surface area contributed by atoms with Crippen LogP contribution in [0.4, 0.5) is 5.82 Å². The van der Waals surface area contributed by atoms with Crippen LogP contribution in [-0.4, -0.2) is 38.3 Å². The third-order valence-electron chi connectivity index (χ3n) is 4.08. The molecule has 0 radical (unpaired) electrons. The third kappa shape index (κ3) is 2.84. The Labute approximate surface area is 123 Å². The van der Waals surface area contributed by atoms with Crippen molar-refractivity contribution < 1.29 is 9.90 Å². The Bertz CT molecular complexity index is 652. The fraction of sp³-hybridized carbons (Fsp3) is 0.533. The van der Waals surface area contributed by atoms with Crippen molar-refractivity contribution in [1.29, 1.82) is 0 Å². The minimum Gasteiger partial charge on any atom is -0.481 e. The van der Waals surface area contributed by atoms with E-state index in [1.807, 2.05) is 23.7 Å². The number of fused-ring (bicyclic) bond motifs is 1. The predicted molar refractivity (Wildman–Crippen MR) is 79.6 cm³/mol. The molecule has 21 heavy (non-hydrogen) atoms. The van der Waals surface area contributed by atoms with Gasteiger partial charge in [-0.3, -0.25) is 4.79 Å². The lowest BCUT2D eigenvalue weighted by Gasteiger charge is -2.36. The van der Waals surface area contributed by atoms with E-state index < -0.39 is 5.97 Å². The molecule has 1 aliphatic rings. The molecule has 6 nitrogen and oxygen atoms in total. The number of aryl methyl sites for hydroxylation is 1. The average molecular weight is 288 g/mol. The van der Waals surface area contributed by atoms with Gasteiger partial charge in [-0.05, 0) is 38.7 Å². The van der Waals surface area contributed by atoms with Gasteiger partial charge >= 0.3 is 5.97 Å². The van der Waals surface area contributed by atoms with Crippen molar-refractivity contribution in [1.82, 2.24) is 14.6 Å². The van der Waals surface area contributed by atoms with Gasteiger partial charge < -0.3 is 10.0 Å². The number of anilines is 1. The van der Waals surface area contributed by atoms with Crippen LogP contribution in [0.5, 0.6) is 0 Å². The molecule has 0 aliphatic carbocycles. The standard InChI is InChI=1S/C15H20N4O2/c1-11-10-13-15(16-7-9-19(13)17-11)18-8-3-2-4-12(18)5-6-14(20)21/h7,9-10,12H,2-6,8H2,1H3,(H,20,21). The summed E-state index contributed by atoms with van der Waals surface area (Å²) in [5, 5.41) is 13.4. The van der Waals surface area contributed by atoms with Crippen molar-refractivity contribution in [2.45, 2.75) is 45.1 Å². The number of nitrogens with zero attached hydrogens (tertiary/aromatic N) is 4. The fourth-order valence-electron chi connectivity index (χ4n) is 3.12. The zero-order chi connectivity index (χ0) is 14.8. The van der Waals surface area contributed by atoms with Gasteiger partial charge in [-0.25, -0.2) is 9.50 Å². The van der Waals surface area contributed by atoms with Gasteiger partial charge in [-0.2, -0.15) is 5.10 Å². The van der Waals surface area contributed by atoms with Gasteiger partial charge in [0.05, 0.1) is 5.69 Å². The van der Waals surface area contributed by atoms with Crippen LogP contribution in [0.15, 0.2) is 18.5 Å². The maximum absolute atomic E-state index is 10.9. The molecule has 1 fully saturated rings. The van der Waals surface area contributed by atoms with Crippen LogP contribution in [0, 0.1) is 6.92 Å². The van der Waals surface area contributed by atoms with Crippen LogP contribution < -0.4 is 4.90 Å². The van der Waals surface area contributed by atoms with Crippen LogP contribution >= 0.6 is 0 Å². The summed E-state index contributed by atoms with van der Waals surface area (Å²) in [6, 6.07) is 2.29. The van der Waals surface area contributed by atoms with Crippen LogP contribution in [0.2, 0.25) is 0 Å². The summed E-state index contributed by atoms with van der Waals surface area (Å²) < 4.78 is 1.85. The highest BCUT2D eigenvalue weighted by molar-refractivity contribution is 5.70. The van der Waals surface area contributed by atoms with Crippen molar-refractivity contribution in [2.24, 2.45) is 0 Å². The van der Waals surface area contributed by atoms with Gasteiger partial charge in [-0.15, -0.1) is 0 Å². The first-order chi connectivity index (χ1) is 10.1. The smallest absolute Gasteiger partial charge is 0.303 e. The third-order valence-corrected chi connectivity index (χ3v) is 4.08. The van der Waals surface area contributed by atoms with Gasteiger partial charge in [0.2, 0.25) is 0 Å². The molecular formula is C15H20N4O2. The molecule has 1 saturated heterocycles. The number of piperidine rings is 1. The lowest BCUT2D eigenvalue weighted by atomic mass is 9.98. The number of aliphatic carboxylic acids is 1. The summed E-state index contributed by atoms with van der Waals surface area (Å²) in [5.74, 6) is 0.195. The van der Waals surface area contributed by atoms with Crippen LogP contribution in [0.25, 0.3) is 5.52 Å². The molecule has 112 valence electrons. The highest BCUT2D eigenvalue weighted by Crippen LogP contribution is 2.29. The molecule has 1 aliphatic heterocycles. The molecule has 0 spiro atoms. The first-order valence-corrected chi connectivity index (χ1v) is 7.44. The number of carboxylic acid groups (broad SMARTS) is 1.